The highest BCUT2D eigenvalue weighted by Gasteiger charge is 2.13. The topological polar surface area (TPSA) is 70.7 Å². The molecular formula is C21H14N4OS. The number of nitrogens with zero attached hydrogens (tertiary/aromatic N) is 2. The van der Waals surface area contributed by atoms with E-state index in [9.17, 15) is 4.79 Å². The monoisotopic (exact) mass is 370 g/mol. The van der Waals surface area contributed by atoms with Gasteiger partial charge in [0.25, 0.3) is 5.91 Å². The molecule has 0 radical (unpaired) electrons. The van der Waals surface area contributed by atoms with Gasteiger partial charge in [0.1, 0.15) is 5.82 Å². The van der Waals surface area contributed by atoms with E-state index in [1.165, 1.54) is 11.3 Å². The van der Waals surface area contributed by atoms with Gasteiger partial charge in [0.2, 0.25) is 0 Å². The Morgan fingerprint density at radius 2 is 1.81 bits per heavy atom. The third-order valence-corrected chi connectivity index (χ3v) is 5.20. The fourth-order valence-electron chi connectivity index (χ4n) is 3.07. The molecule has 0 atom stereocenters. The summed E-state index contributed by atoms with van der Waals surface area (Å²) in [6.07, 6.45) is 0. The Hall–Kier alpha value is -3.51. The van der Waals surface area contributed by atoms with Crippen molar-refractivity contribution in [1.29, 1.82) is 0 Å². The Labute approximate surface area is 158 Å². The normalized spacial score (nSPS) is 11.1. The molecule has 0 aliphatic heterocycles. The maximum Gasteiger partial charge on any atom is 0.255 e. The standard InChI is InChI=1S/C21H14N4OS/c26-21(13-9-10-18-19(11-13)27-12-22-18)25-15-6-2-1-5-14(15)20-23-16-7-3-4-8-17(16)24-20/h1-12H,(H,23,24)(H,25,26). The van der Waals surface area contributed by atoms with Crippen molar-refractivity contribution in [1.82, 2.24) is 15.0 Å². The largest absolute Gasteiger partial charge is 0.338 e. The lowest BCUT2D eigenvalue weighted by atomic mass is 10.1. The highest BCUT2D eigenvalue weighted by Crippen LogP contribution is 2.28. The van der Waals surface area contributed by atoms with E-state index >= 15 is 0 Å². The summed E-state index contributed by atoms with van der Waals surface area (Å²) in [4.78, 5) is 25.0. The number of benzene rings is 3. The van der Waals surface area contributed by atoms with Crippen molar-refractivity contribution in [3.63, 3.8) is 0 Å². The van der Waals surface area contributed by atoms with Crippen LogP contribution in [0.2, 0.25) is 0 Å². The number of aromatic amines is 1. The molecule has 1 amide bonds. The minimum atomic E-state index is -0.158. The first-order valence-electron chi connectivity index (χ1n) is 8.47. The van der Waals surface area contributed by atoms with Crippen molar-refractivity contribution < 1.29 is 4.79 Å². The summed E-state index contributed by atoms with van der Waals surface area (Å²) in [6.45, 7) is 0. The molecule has 2 heterocycles. The first kappa shape index (κ1) is 15.7. The highest BCUT2D eigenvalue weighted by atomic mass is 32.1. The van der Waals surface area contributed by atoms with Gasteiger partial charge < -0.3 is 10.3 Å². The maximum absolute atomic E-state index is 12.8. The quantitative estimate of drug-likeness (QED) is 0.465. The predicted octanol–water partition coefficient (Wildman–Crippen LogP) is 5.09. The SMILES string of the molecule is O=C(Nc1ccccc1-c1nc2ccccc2[nH]1)c1ccc2ncsc2c1. The molecule has 0 saturated heterocycles. The molecule has 3 aromatic carbocycles. The van der Waals surface area contributed by atoms with E-state index in [2.05, 4.69) is 20.3 Å². The van der Waals surface area contributed by atoms with Crippen molar-refractivity contribution in [3.8, 4) is 11.4 Å². The third-order valence-electron chi connectivity index (χ3n) is 4.41. The van der Waals surface area contributed by atoms with Gasteiger partial charge in [-0.15, -0.1) is 11.3 Å². The van der Waals surface area contributed by atoms with Crippen LogP contribution in [0.1, 0.15) is 10.4 Å². The molecule has 0 aliphatic rings. The van der Waals surface area contributed by atoms with E-state index in [0.717, 1.165) is 32.6 Å². The zero-order chi connectivity index (χ0) is 18.2. The number of H-pyrrole nitrogens is 1. The van der Waals surface area contributed by atoms with E-state index in [1.54, 1.807) is 11.6 Å². The number of aromatic nitrogens is 3. The van der Waals surface area contributed by atoms with E-state index in [4.69, 9.17) is 0 Å². The Bertz CT molecular complexity index is 1250. The molecule has 2 N–H and O–H groups in total. The molecular weight excluding hydrogens is 356 g/mol. The summed E-state index contributed by atoms with van der Waals surface area (Å²) in [5, 5.41) is 3.01. The van der Waals surface area contributed by atoms with Gasteiger partial charge in [-0.3, -0.25) is 4.79 Å². The average molecular weight is 370 g/mol. The molecule has 2 aromatic heterocycles. The molecule has 0 saturated carbocycles. The molecule has 0 fully saturated rings. The van der Waals surface area contributed by atoms with Crippen LogP contribution in [0.25, 0.3) is 32.6 Å². The molecule has 0 aliphatic carbocycles. The number of hydrogen-bond acceptors (Lipinski definition) is 4. The van der Waals surface area contributed by atoms with Crippen LogP contribution in [0.5, 0.6) is 0 Å². The summed E-state index contributed by atoms with van der Waals surface area (Å²) < 4.78 is 0.994. The van der Waals surface area contributed by atoms with Crippen molar-refractivity contribution in [3.05, 3.63) is 77.8 Å². The number of fused-ring (bicyclic) bond motifs is 2. The van der Waals surface area contributed by atoms with E-state index < -0.39 is 0 Å². The van der Waals surface area contributed by atoms with Crippen LogP contribution < -0.4 is 5.32 Å². The number of hydrogen-bond donors (Lipinski definition) is 2. The first-order valence-corrected chi connectivity index (χ1v) is 9.35. The molecule has 5 rings (SSSR count). The van der Waals surface area contributed by atoms with Crippen molar-refractivity contribution in [2.75, 3.05) is 5.32 Å². The molecule has 130 valence electrons. The minimum Gasteiger partial charge on any atom is -0.338 e. The summed E-state index contributed by atoms with van der Waals surface area (Å²) in [5.74, 6) is 0.568. The Balaban J connectivity index is 1.51. The summed E-state index contributed by atoms with van der Waals surface area (Å²) in [7, 11) is 0. The van der Waals surface area contributed by atoms with E-state index in [-0.39, 0.29) is 5.91 Å². The number of amides is 1. The third kappa shape index (κ3) is 2.86. The van der Waals surface area contributed by atoms with Gasteiger partial charge in [-0.2, -0.15) is 0 Å². The lowest BCUT2D eigenvalue weighted by Gasteiger charge is -2.09. The number of carbonyl (C=O) groups excluding carboxylic acids is 1. The van der Waals surface area contributed by atoms with Crippen LogP contribution in [0, 0.1) is 0 Å². The highest BCUT2D eigenvalue weighted by molar-refractivity contribution is 7.16. The Kier molecular flexibility index (Phi) is 3.69. The maximum atomic E-state index is 12.8. The molecule has 0 unspecified atom stereocenters. The number of imidazole rings is 1. The number of para-hydroxylation sites is 3. The van der Waals surface area contributed by atoms with Gasteiger partial charge in [0.05, 0.1) is 32.4 Å². The van der Waals surface area contributed by atoms with Crippen molar-refractivity contribution >= 4 is 44.2 Å². The first-order chi connectivity index (χ1) is 13.3. The zero-order valence-electron chi connectivity index (χ0n) is 14.1. The zero-order valence-corrected chi connectivity index (χ0v) is 15.0. The summed E-state index contributed by atoms with van der Waals surface area (Å²) in [6, 6.07) is 21.0. The van der Waals surface area contributed by atoms with Crippen LogP contribution in [0.3, 0.4) is 0 Å². The van der Waals surface area contributed by atoms with Crippen LogP contribution in [0.4, 0.5) is 5.69 Å². The van der Waals surface area contributed by atoms with Gasteiger partial charge in [-0.05, 0) is 42.5 Å². The van der Waals surface area contributed by atoms with Gasteiger partial charge in [-0.1, -0.05) is 24.3 Å². The number of rotatable bonds is 3. The fraction of sp³-hybridized carbons (Fsp3) is 0. The average Bonchev–Trinajstić information content (AvgIpc) is 3.34. The Morgan fingerprint density at radius 1 is 0.963 bits per heavy atom. The van der Waals surface area contributed by atoms with E-state index in [0.29, 0.717) is 11.3 Å². The lowest BCUT2D eigenvalue weighted by molar-refractivity contribution is 0.102. The number of nitrogens with one attached hydrogen (secondary N) is 2. The number of thiazole rings is 1. The van der Waals surface area contributed by atoms with Gasteiger partial charge in [0, 0.05) is 11.1 Å². The van der Waals surface area contributed by atoms with Gasteiger partial charge in [-0.25, -0.2) is 9.97 Å². The van der Waals surface area contributed by atoms with Crippen molar-refractivity contribution in [2.24, 2.45) is 0 Å². The van der Waals surface area contributed by atoms with Crippen molar-refractivity contribution in [2.45, 2.75) is 0 Å². The fourth-order valence-corrected chi connectivity index (χ4v) is 3.79. The molecule has 0 spiro atoms. The molecule has 27 heavy (non-hydrogen) atoms. The van der Waals surface area contributed by atoms with Crippen LogP contribution in [-0.4, -0.2) is 20.9 Å². The van der Waals surface area contributed by atoms with Crippen LogP contribution in [0.15, 0.2) is 72.2 Å². The lowest BCUT2D eigenvalue weighted by Crippen LogP contribution is -2.12. The van der Waals surface area contributed by atoms with Gasteiger partial charge in [0.15, 0.2) is 0 Å². The van der Waals surface area contributed by atoms with Gasteiger partial charge >= 0.3 is 0 Å². The molecule has 6 heteroatoms. The van der Waals surface area contributed by atoms with Crippen LogP contribution >= 0.6 is 11.3 Å². The number of carbonyl (C=O) groups is 1. The van der Waals surface area contributed by atoms with Crippen LogP contribution in [-0.2, 0) is 0 Å². The second-order valence-corrected chi connectivity index (χ2v) is 7.02. The predicted molar refractivity (Wildman–Crippen MR) is 109 cm³/mol. The second kappa shape index (κ2) is 6.34. The Morgan fingerprint density at radius 3 is 2.74 bits per heavy atom. The smallest absolute Gasteiger partial charge is 0.255 e. The molecule has 0 bridgehead atoms. The summed E-state index contributed by atoms with van der Waals surface area (Å²) in [5.41, 5.74) is 6.70. The van der Waals surface area contributed by atoms with E-state index in [1.807, 2.05) is 60.7 Å². The molecule has 5 nitrogen and oxygen atoms in total. The minimum absolute atomic E-state index is 0.158. The number of anilines is 1. The summed E-state index contributed by atoms with van der Waals surface area (Å²) >= 11 is 1.52. The second-order valence-electron chi connectivity index (χ2n) is 6.14. The molecule has 5 aromatic rings.